The number of carbonyl (C=O) groups is 1. The lowest BCUT2D eigenvalue weighted by atomic mass is 9.91. The van der Waals surface area contributed by atoms with Gasteiger partial charge in [0.1, 0.15) is 0 Å². The monoisotopic (exact) mass is 224 g/mol. The summed E-state index contributed by atoms with van der Waals surface area (Å²) in [6, 6.07) is 0. The van der Waals surface area contributed by atoms with Crippen LogP contribution in [0.4, 0.5) is 0 Å². The highest BCUT2D eigenvalue weighted by Gasteiger charge is 2.20. The van der Waals surface area contributed by atoms with Gasteiger partial charge in [0, 0.05) is 12.0 Å². The van der Waals surface area contributed by atoms with Crippen molar-refractivity contribution in [2.75, 3.05) is 0 Å². The highest BCUT2D eigenvalue weighted by Crippen LogP contribution is 2.20. The Labute approximate surface area is 98.7 Å². The fourth-order valence-electron chi connectivity index (χ4n) is 2.20. The van der Waals surface area contributed by atoms with Crippen LogP contribution >= 0.6 is 0 Å². The van der Waals surface area contributed by atoms with E-state index in [0.29, 0.717) is 12.0 Å². The average Bonchev–Trinajstić information content (AvgIpc) is 2.29. The molecule has 2 heteroatoms. The smallest absolute Gasteiger partial charge is 0.161 e. The van der Waals surface area contributed by atoms with E-state index in [2.05, 4.69) is 6.92 Å². The SMILES string of the molecule is CCCCCCC[C@@H](O)C1=CCCCC1=O. The molecule has 0 heterocycles. The molecule has 0 saturated heterocycles. The Bertz CT molecular complexity index is 243. The van der Waals surface area contributed by atoms with Crippen LogP contribution in [0.25, 0.3) is 0 Å². The third-order valence-corrected chi connectivity index (χ3v) is 3.23. The molecule has 1 aliphatic carbocycles. The van der Waals surface area contributed by atoms with Gasteiger partial charge in [-0.05, 0) is 19.3 Å². The van der Waals surface area contributed by atoms with E-state index < -0.39 is 6.10 Å². The zero-order chi connectivity index (χ0) is 11.8. The highest BCUT2D eigenvalue weighted by atomic mass is 16.3. The number of aliphatic hydroxyl groups is 1. The van der Waals surface area contributed by atoms with Crippen LogP contribution in [0.15, 0.2) is 11.6 Å². The number of Topliss-reactive ketones (excluding diaryl/α,β-unsaturated/α-hetero) is 1. The molecule has 1 rings (SSSR count). The first kappa shape index (κ1) is 13.4. The molecule has 0 radical (unpaired) electrons. The van der Waals surface area contributed by atoms with Gasteiger partial charge in [0.25, 0.3) is 0 Å². The minimum absolute atomic E-state index is 0.160. The van der Waals surface area contributed by atoms with Crippen molar-refractivity contribution < 1.29 is 9.90 Å². The third-order valence-electron chi connectivity index (χ3n) is 3.23. The Balaban J connectivity index is 2.21. The lowest BCUT2D eigenvalue weighted by Gasteiger charge is -2.17. The second-order valence-corrected chi connectivity index (χ2v) is 4.69. The van der Waals surface area contributed by atoms with E-state index in [1.54, 1.807) is 0 Å². The number of hydrogen-bond acceptors (Lipinski definition) is 2. The van der Waals surface area contributed by atoms with Crippen molar-refractivity contribution in [2.24, 2.45) is 0 Å². The molecule has 16 heavy (non-hydrogen) atoms. The maximum Gasteiger partial charge on any atom is 0.161 e. The van der Waals surface area contributed by atoms with Gasteiger partial charge in [-0.2, -0.15) is 0 Å². The predicted molar refractivity (Wildman–Crippen MR) is 66.3 cm³/mol. The molecule has 0 saturated carbocycles. The molecule has 92 valence electrons. The van der Waals surface area contributed by atoms with Crippen molar-refractivity contribution in [3.8, 4) is 0 Å². The van der Waals surface area contributed by atoms with E-state index in [0.717, 1.165) is 25.7 Å². The summed E-state index contributed by atoms with van der Waals surface area (Å²) >= 11 is 0. The predicted octanol–water partition coefficient (Wildman–Crippen LogP) is 3.39. The zero-order valence-corrected chi connectivity index (χ0v) is 10.4. The summed E-state index contributed by atoms with van der Waals surface area (Å²) in [5.74, 6) is 0.160. The fraction of sp³-hybridized carbons (Fsp3) is 0.786. The standard InChI is InChI=1S/C14H24O2/c1-2-3-4-5-6-10-13(15)12-9-7-8-11-14(12)16/h9,13,15H,2-8,10-11H2,1H3/t13-/m1/s1. The van der Waals surface area contributed by atoms with Crippen LogP contribution < -0.4 is 0 Å². The van der Waals surface area contributed by atoms with Gasteiger partial charge in [0.15, 0.2) is 5.78 Å². The molecule has 1 N–H and O–H groups in total. The summed E-state index contributed by atoms with van der Waals surface area (Å²) in [5, 5.41) is 9.91. The van der Waals surface area contributed by atoms with Gasteiger partial charge in [-0.15, -0.1) is 0 Å². The Morgan fingerprint density at radius 1 is 1.31 bits per heavy atom. The number of aliphatic hydroxyl groups excluding tert-OH is 1. The summed E-state index contributed by atoms with van der Waals surface area (Å²) in [6.45, 7) is 2.19. The van der Waals surface area contributed by atoms with Crippen molar-refractivity contribution >= 4 is 5.78 Å². The number of rotatable bonds is 7. The maximum atomic E-state index is 11.5. The number of ketones is 1. The minimum Gasteiger partial charge on any atom is -0.388 e. The normalized spacial score (nSPS) is 18.4. The van der Waals surface area contributed by atoms with Gasteiger partial charge < -0.3 is 5.11 Å². The summed E-state index contributed by atoms with van der Waals surface area (Å²) in [5.41, 5.74) is 0.682. The first-order valence-electron chi connectivity index (χ1n) is 6.67. The maximum absolute atomic E-state index is 11.5. The number of carbonyl (C=O) groups excluding carboxylic acids is 1. The molecule has 0 aromatic carbocycles. The van der Waals surface area contributed by atoms with Crippen LogP contribution in [-0.2, 0) is 4.79 Å². The molecule has 0 fully saturated rings. The molecule has 0 bridgehead atoms. The third kappa shape index (κ3) is 4.48. The minimum atomic E-state index is -0.505. The molecule has 0 spiro atoms. The van der Waals surface area contributed by atoms with Gasteiger partial charge in [-0.1, -0.05) is 45.1 Å². The highest BCUT2D eigenvalue weighted by molar-refractivity contribution is 5.96. The van der Waals surface area contributed by atoms with Crippen LogP contribution in [0.3, 0.4) is 0 Å². The lowest BCUT2D eigenvalue weighted by Crippen LogP contribution is -2.20. The van der Waals surface area contributed by atoms with Crippen molar-refractivity contribution in [3.63, 3.8) is 0 Å². The van der Waals surface area contributed by atoms with Crippen molar-refractivity contribution in [3.05, 3.63) is 11.6 Å². The molecular weight excluding hydrogens is 200 g/mol. The zero-order valence-electron chi connectivity index (χ0n) is 10.4. The Hall–Kier alpha value is -0.630. The van der Waals surface area contributed by atoms with Crippen molar-refractivity contribution in [2.45, 2.75) is 70.8 Å². The second kappa shape index (κ2) is 7.61. The van der Waals surface area contributed by atoms with Gasteiger partial charge in [0.2, 0.25) is 0 Å². The first-order chi connectivity index (χ1) is 7.75. The molecule has 0 unspecified atom stereocenters. The second-order valence-electron chi connectivity index (χ2n) is 4.69. The van der Waals surface area contributed by atoms with E-state index in [9.17, 15) is 9.90 Å². The van der Waals surface area contributed by atoms with Crippen LogP contribution in [0.5, 0.6) is 0 Å². The van der Waals surface area contributed by atoms with Crippen molar-refractivity contribution in [1.82, 2.24) is 0 Å². The van der Waals surface area contributed by atoms with Gasteiger partial charge in [0.05, 0.1) is 6.10 Å². The number of allylic oxidation sites excluding steroid dienone is 1. The molecule has 0 aromatic heterocycles. The van der Waals surface area contributed by atoms with Crippen LogP contribution in [0.2, 0.25) is 0 Å². The molecule has 1 aliphatic rings. The summed E-state index contributed by atoms with van der Waals surface area (Å²) in [6.07, 6.45) is 10.7. The van der Waals surface area contributed by atoms with E-state index in [1.165, 1.54) is 25.7 Å². The van der Waals surface area contributed by atoms with Gasteiger partial charge >= 0.3 is 0 Å². The largest absolute Gasteiger partial charge is 0.388 e. The summed E-state index contributed by atoms with van der Waals surface area (Å²) in [7, 11) is 0. The number of unbranched alkanes of at least 4 members (excludes halogenated alkanes) is 4. The first-order valence-corrected chi connectivity index (χ1v) is 6.67. The molecule has 0 amide bonds. The number of hydrogen-bond donors (Lipinski definition) is 1. The summed E-state index contributed by atoms with van der Waals surface area (Å²) in [4.78, 5) is 11.5. The molecule has 2 nitrogen and oxygen atoms in total. The quantitative estimate of drug-likeness (QED) is 0.673. The molecule has 1 atom stereocenters. The Morgan fingerprint density at radius 2 is 2.06 bits per heavy atom. The van der Waals surface area contributed by atoms with E-state index in [-0.39, 0.29) is 5.78 Å². The summed E-state index contributed by atoms with van der Waals surface area (Å²) < 4.78 is 0. The van der Waals surface area contributed by atoms with Crippen LogP contribution in [0.1, 0.15) is 64.7 Å². The van der Waals surface area contributed by atoms with E-state index in [4.69, 9.17) is 0 Å². The van der Waals surface area contributed by atoms with E-state index >= 15 is 0 Å². The fourth-order valence-corrected chi connectivity index (χ4v) is 2.20. The molecular formula is C14H24O2. The van der Waals surface area contributed by atoms with Gasteiger partial charge in [-0.3, -0.25) is 4.79 Å². The Morgan fingerprint density at radius 3 is 2.75 bits per heavy atom. The van der Waals surface area contributed by atoms with Gasteiger partial charge in [-0.25, -0.2) is 0 Å². The lowest BCUT2D eigenvalue weighted by molar-refractivity contribution is -0.117. The molecule has 0 aliphatic heterocycles. The van der Waals surface area contributed by atoms with Crippen molar-refractivity contribution in [1.29, 1.82) is 0 Å². The van der Waals surface area contributed by atoms with E-state index in [1.807, 2.05) is 6.08 Å². The topological polar surface area (TPSA) is 37.3 Å². The Kier molecular flexibility index (Phi) is 6.39. The average molecular weight is 224 g/mol. The molecule has 0 aromatic rings. The van der Waals surface area contributed by atoms with Crippen LogP contribution in [-0.4, -0.2) is 17.0 Å². The van der Waals surface area contributed by atoms with Crippen LogP contribution in [0, 0.1) is 0 Å².